The number of ether oxygens (including phenoxy) is 1. The van der Waals surface area contributed by atoms with Gasteiger partial charge in [0.25, 0.3) is 0 Å². The summed E-state index contributed by atoms with van der Waals surface area (Å²) in [5.74, 6) is -1.18. The minimum absolute atomic E-state index is 0.103. The molecule has 0 bridgehead atoms. The van der Waals surface area contributed by atoms with Crippen molar-refractivity contribution in [2.45, 2.75) is 26.1 Å². The number of carbonyl (C=O) groups is 1. The summed E-state index contributed by atoms with van der Waals surface area (Å²) < 4.78 is 45.1. The Kier molecular flexibility index (Phi) is 4.92. The van der Waals surface area contributed by atoms with Crippen molar-refractivity contribution in [2.75, 3.05) is 0 Å². The molecule has 0 saturated carbocycles. The summed E-state index contributed by atoms with van der Waals surface area (Å²) in [6.07, 6.45) is -5.78. The van der Waals surface area contributed by atoms with Crippen LogP contribution in [0.25, 0.3) is 5.69 Å². The molecule has 0 radical (unpaired) electrons. The predicted molar refractivity (Wildman–Crippen MR) is 80.1 cm³/mol. The van der Waals surface area contributed by atoms with E-state index < -0.39 is 34.9 Å². The first-order valence-corrected chi connectivity index (χ1v) is 7.03. The quantitative estimate of drug-likeness (QED) is 0.794. The van der Waals surface area contributed by atoms with E-state index in [4.69, 9.17) is 10.00 Å². The van der Waals surface area contributed by atoms with Crippen LogP contribution in [-0.2, 0) is 10.9 Å². The van der Waals surface area contributed by atoms with Crippen LogP contribution in [0, 0.1) is 18.3 Å². The van der Waals surface area contributed by atoms with E-state index in [1.165, 1.54) is 32.0 Å². The van der Waals surface area contributed by atoms with E-state index in [9.17, 15) is 22.8 Å². The van der Waals surface area contributed by atoms with Gasteiger partial charge in [-0.2, -0.15) is 23.5 Å². The fraction of sp³-hybridized carbons (Fsp3) is 0.250. The molecule has 0 aliphatic carbocycles. The van der Waals surface area contributed by atoms with E-state index >= 15 is 0 Å². The van der Waals surface area contributed by atoms with Gasteiger partial charge >= 0.3 is 12.1 Å². The van der Waals surface area contributed by atoms with Crippen LogP contribution in [0.15, 0.2) is 35.1 Å². The zero-order chi connectivity index (χ0) is 18.8. The second kappa shape index (κ2) is 6.76. The van der Waals surface area contributed by atoms with Crippen LogP contribution in [0.2, 0.25) is 0 Å². The van der Waals surface area contributed by atoms with Crippen LogP contribution in [0.5, 0.6) is 0 Å². The minimum atomic E-state index is -4.65. The molecule has 6 nitrogen and oxygen atoms in total. The monoisotopic (exact) mass is 351 g/mol. The molecule has 0 amide bonds. The van der Waals surface area contributed by atoms with Crippen molar-refractivity contribution in [3.8, 4) is 11.8 Å². The second-order valence-electron chi connectivity index (χ2n) is 5.10. The fourth-order valence-corrected chi connectivity index (χ4v) is 2.07. The molecule has 0 fully saturated rings. The fourth-order valence-electron chi connectivity index (χ4n) is 2.07. The standard InChI is InChI=1S/C16H12F3N3O3/c1-9-7-13(23)14(15(24)25-10(2)8-20)21-22(9)12-6-4-3-5-11(12)16(17,18)19/h3-7,10H,1-2H3/t10-/m1/s1. The van der Waals surface area contributed by atoms with Gasteiger partial charge in [-0.15, -0.1) is 0 Å². The Morgan fingerprint density at radius 3 is 2.60 bits per heavy atom. The van der Waals surface area contributed by atoms with Crippen LogP contribution in [0.1, 0.15) is 28.7 Å². The molecule has 130 valence electrons. The zero-order valence-corrected chi connectivity index (χ0v) is 13.2. The summed E-state index contributed by atoms with van der Waals surface area (Å²) in [6.45, 7) is 2.66. The maximum absolute atomic E-state index is 13.2. The van der Waals surface area contributed by atoms with E-state index in [0.29, 0.717) is 0 Å². The van der Waals surface area contributed by atoms with Crippen LogP contribution in [0.4, 0.5) is 13.2 Å². The van der Waals surface area contributed by atoms with Crippen LogP contribution in [0.3, 0.4) is 0 Å². The molecule has 0 spiro atoms. The SMILES string of the molecule is Cc1cc(=O)c(C(=O)O[C@H](C)C#N)nn1-c1ccccc1C(F)(F)F. The Labute approximate surface area is 140 Å². The molecule has 0 saturated heterocycles. The molecule has 0 aliphatic heterocycles. The van der Waals surface area contributed by atoms with Crippen molar-refractivity contribution in [3.05, 3.63) is 57.5 Å². The average molecular weight is 351 g/mol. The van der Waals surface area contributed by atoms with E-state index in [0.717, 1.165) is 16.8 Å². The number of benzene rings is 1. The molecule has 25 heavy (non-hydrogen) atoms. The lowest BCUT2D eigenvalue weighted by Gasteiger charge is -2.16. The molecular formula is C16H12F3N3O3. The maximum atomic E-state index is 13.2. The van der Waals surface area contributed by atoms with Gasteiger partial charge in [0.2, 0.25) is 11.1 Å². The van der Waals surface area contributed by atoms with Crippen molar-refractivity contribution >= 4 is 5.97 Å². The molecule has 1 aromatic carbocycles. The number of esters is 1. The average Bonchev–Trinajstić information content (AvgIpc) is 2.53. The highest BCUT2D eigenvalue weighted by atomic mass is 19.4. The molecule has 1 atom stereocenters. The number of nitriles is 1. The lowest BCUT2D eigenvalue weighted by molar-refractivity contribution is -0.137. The number of carbonyl (C=O) groups excluding carboxylic acids is 1. The van der Waals surface area contributed by atoms with Gasteiger partial charge in [0.1, 0.15) is 6.07 Å². The van der Waals surface area contributed by atoms with Gasteiger partial charge in [-0.25, -0.2) is 9.48 Å². The van der Waals surface area contributed by atoms with Gasteiger partial charge < -0.3 is 4.74 Å². The van der Waals surface area contributed by atoms with E-state index in [2.05, 4.69) is 5.10 Å². The highest BCUT2D eigenvalue weighted by molar-refractivity contribution is 5.87. The van der Waals surface area contributed by atoms with E-state index in [-0.39, 0.29) is 11.4 Å². The summed E-state index contributed by atoms with van der Waals surface area (Å²) in [4.78, 5) is 23.9. The molecule has 0 aliphatic rings. The van der Waals surface area contributed by atoms with Crippen LogP contribution >= 0.6 is 0 Å². The smallest absolute Gasteiger partial charge is 0.418 e. The third kappa shape index (κ3) is 3.85. The van der Waals surface area contributed by atoms with Crippen molar-refractivity contribution in [3.63, 3.8) is 0 Å². The topological polar surface area (TPSA) is 85.0 Å². The summed E-state index contributed by atoms with van der Waals surface area (Å²) in [6, 6.07) is 7.25. The minimum Gasteiger partial charge on any atom is -0.442 e. The van der Waals surface area contributed by atoms with Gasteiger partial charge in [-0.1, -0.05) is 12.1 Å². The highest BCUT2D eigenvalue weighted by Crippen LogP contribution is 2.33. The van der Waals surface area contributed by atoms with Gasteiger partial charge in [0, 0.05) is 11.8 Å². The summed E-state index contributed by atoms with van der Waals surface area (Å²) in [7, 11) is 0. The van der Waals surface area contributed by atoms with Crippen LogP contribution < -0.4 is 5.43 Å². The summed E-state index contributed by atoms with van der Waals surface area (Å²) >= 11 is 0. The molecule has 9 heteroatoms. The normalized spacial score (nSPS) is 12.3. The first-order chi connectivity index (χ1) is 11.6. The third-order valence-electron chi connectivity index (χ3n) is 3.20. The van der Waals surface area contributed by atoms with Crippen molar-refractivity contribution in [1.29, 1.82) is 5.26 Å². The molecule has 1 aromatic heterocycles. The number of alkyl halides is 3. The maximum Gasteiger partial charge on any atom is 0.418 e. The first kappa shape index (κ1) is 18.2. The number of aromatic nitrogens is 2. The molecule has 2 rings (SSSR count). The number of nitrogens with zero attached hydrogens (tertiary/aromatic N) is 3. The largest absolute Gasteiger partial charge is 0.442 e. The number of aryl methyl sites for hydroxylation is 1. The Hall–Kier alpha value is -3.15. The van der Waals surface area contributed by atoms with E-state index in [1.54, 1.807) is 6.07 Å². The lowest BCUT2D eigenvalue weighted by atomic mass is 10.1. The third-order valence-corrected chi connectivity index (χ3v) is 3.20. The first-order valence-electron chi connectivity index (χ1n) is 7.03. The number of hydrogen-bond donors (Lipinski definition) is 0. The molecule has 2 aromatic rings. The van der Waals surface area contributed by atoms with Gasteiger partial charge in [0.15, 0.2) is 6.10 Å². The predicted octanol–water partition coefficient (Wildman–Crippen LogP) is 2.63. The van der Waals surface area contributed by atoms with E-state index in [1.807, 2.05) is 0 Å². The molecule has 1 heterocycles. The number of rotatable bonds is 3. The Morgan fingerprint density at radius 1 is 1.36 bits per heavy atom. The van der Waals surface area contributed by atoms with Crippen molar-refractivity contribution < 1.29 is 22.7 Å². The zero-order valence-electron chi connectivity index (χ0n) is 13.2. The van der Waals surface area contributed by atoms with Gasteiger partial charge in [-0.05, 0) is 26.0 Å². The van der Waals surface area contributed by atoms with Crippen molar-refractivity contribution in [1.82, 2.24) is 9.78 Å². The Balaban J connectivity index is 2.62. The van der Waals surface area contributed by atoms with Crippen LogP contribution in [-0.4, -0.2) is 21.9 Å². The number of hydrogen-bond acceptors (Lipinski definition) is 5. The highest BCUT2D eigenvalue weighted by Gasteiger charge is 2.34. The number of halogens is 3. The van der Waals surface area contributed by atoms with Gasteiger partial charge in [-0.3, -0.25) is 4.79 Å². The Morgan fingerprint density at radius 2 is 2.00 bits per heavy atom. The summed E-state index contributed by atoms with van der Waals surface area (Å²) in [5.41, 5.74) is -2.72. The molecule has 0 unspecified atom stereocenters. The number of para-hydroxylation sites is 1. The second-order valence-corrected chi connectivity index (χ2v) is 5.10. The van der Waals surface area contributed by atoms with Crippen molar-refractivity contribution in [2.24, 2.45) is 0 Å². The lowest BCUT2D eigenvalue weighted by Crippen LogP contribution is -2.26. The molecule has 0 N–H and O–H groups in total. The van der Waals surface area contributed by atoms with Gasteiger partial charge in [0.05, 0.1) is 11.3 Å². The summed E-state index contributed by atoms with van der Waals surface area (Å²) in [5, 5.41) is 12.4. The Bertz CT molecular complexity index is 913. The molecular weight excluding hydrogens is 339 g/mol.